The first-order valence-corrected chi connectivity index (χ1v) is 9.04. The van der Waals surface area contributed by atoms with Crippen molar-refractivity contribution < 1.29 is 19.1 Å². The van der Waals surface area contributed by atoms with Gasteiger partial charge >= 0.3 is 0 Å². The van der Waals surface area contributed by atoms with Crippen LogP contribution < -0.4 is 10.1 Å². The predicted molar refractivity (Wildman–Crippen MR) is 102 cm³/mol. The zero-order valence-electron chi connectivity index (χ0n) is 14.2. The molecule has 2 aromatic carbocycles. The van der Waals surface area contributed by atoms with Crippen LogP contribution in [0.15, 0.2) is 42.5 Å². The lowest BCUT2D eigenvalue weighted by molar-refractivity contribution is -0.138. The first-order valence-electron chi connectivity index (χ1n) is 8.28. The summed E-state index contributed by atoms with van der Waals surface area (Å²) in [7, 11) is 0. The number of benzene rings is 2. The summed E-state index contributed by atoms with van der Waals surface area (Å²) in [6.45, 7) is 0.0530. The highest BCUT2D eigenvalue weighted by Crippen LogP contribution is 2.32. The lowest BCUT2D eigenvalue weighted by Gasteiger charge is -2.15. The number of ether oxygens (including phenoxy) is 1. The van der Waals surface area contributed by atoms with Gasteiger partial charge in [-0.1, -0.05) is 23.2 Å². The summed E-state index contributed by atoms with van der Waals surface area (Å²) in [5, 5.41) is 3.72. The maximum atomic E-state index is 12.3. The predicted octanol–water partition coefficient (Wildman–Crippen LogP) is 4.26. The van der Waals surface area contributed by atoms with E-state index in [1.807, 2.05) is 0 Å². The molecule has 1 aliphatic heterocycles. The molecule has 3 amide bonds. The van der Waals surface area contributed by atoms with Crippen LogP contribution in [0.4, 0.5) is 5.69 Å². The minimum absolute atomic E-state index is 0.00955. The molecule has 1 fully saturated rings. The fraction of sp³-hybridized carbons (Fsp3) is 0.211. The van der Waals surface area contributed by atoms with E-state index in [9.17, 15) is 14.4 Å². The van der Waals surface area contributed by atoms with Crippen LogP contribution in [0.3, 0.4) is 0 Å². The van der Waals surface area contributed by atoms with Crippen molar-refractivity contribution in [2.75, 3.05) is 11.9 Å². The van der Waals surface area contributed by atoms with E-state index in [-0.39, 0.29) is 43.5 Å². The second-order valence-electron chi connectivity index (χ2n) is 5.93. The number of amides is 3. The highest BCUT2D eigenvalue weighted by molar-refractivity contribution is 6.31. The van der Waals surface area contributed by atoms with Crippen molar-refractivity contribution in [1.29, 1.82) is 0 Å². The highest BCUT2D eigenvalue weighted by Gasteiger charge is 2.28. The maximum Gasteiger partial charge on any atom is 0.229 e. The van der Waals surface area contributed by atoms with Crippen molar-refractivity contribution in [2.45, 2.75) is 19.3 Å². The molecule has 2 aromatic rings. The van der Waals surface area contributed by atoms with E-state index in [1.54, 1.807) is 42.5 Å². The van der Waals surface area contributed by atoms with Crippen LogP contribution in [-0.4, -0.2) is 29.2 Å². The van der Waals surface area contributed by atoms with Gasteiger partial charge < -0.3 is 10.1 Å². The molecule has 0 saturated carbocycles. The molecule has 1 heterocycles. The van der Waals surface area contributed by atoms with Gasteiger partial charge in [0.1, 0.15) is 5.75 Å². The second kappa shape index (κ2) is 8.41. The Morgan fingerprint density at radius 1 is 1.00 bits per heavy atom. The van der Waals surface area contributed by atoms with Gasteiger partial charge in [-0.25, -0.2) is 0 Å². The van der Waals surface area contributed by atoms with Crippen LogP contribution in [0.25, 0.3) is 0 Å². The Labute approximate surface area is 166 Å². The molecule has 0 spiro atoms. The van der Waals surface area contributed by atoms with Gasteiger partial charge in [0.05, 0.1) is 5.69 Å². The molecule has 1 aliphatic rings. The van der Waals surface area contributed by atoms with Crippen LogP contribution in [-0.2, 0) is 14.4 Å². The van der Waals surface area contributed by atoms with Gasteiger partial charge in [0.25, 0.3) is 0 Å². The number of nitrogens with one attached hydrogen (secondary N) is 1. The van der Waals surface area contributed by atoms with Gasteiger partial charge in [-0.2, -0.15) is 0 Å². The molecule has 0 aromatic heterocycles. The largest absolute Gasteiger partial charge is 0.455 e. The molecule has 3 rings (SSSR count). The second-order valence-corrected chi connectivity index (χ2v) is 6.81. The van der Waals surface area contributed by atoms with Crippen molar-refractivity contribution >= 4 is 46.6 Å². The van der Waals surface area contributed by atoms with Crippen molar-refractivity contribution in [1.82, 2.24) is 4.90 Å². The summed E-state index contributed by atoms with van der Waals surface area (Å²) in [5.41, 5.74) is 0.390. The highest BCUT2D eigenvalue weighted by atomic mass is 35.5. The molecule has 0 aliphatic carbocycles. The van der Waals surface area contributed by atoms with Crippen molar-refractivity contribution in [3.05, 3.63) is 52.5 Å². The molecule has 1 saturated heterocycles. The summed E-state index contributed by atoms with van der Waals surface area (Å²) < 4.78 is 5.78. The summed E-state index contributed by atoms with van der Waals surface area (Å²) in [6, 6.07) is 11.6. The van der Waals surface area contributed by atoms with Gasteiger partial charge in [0.15, 0.2) is 5.75 Å². The Morgan fingerprint density at radius 3 is 2.30 bits per heavy atom. The number of carbonyl (C=O) groups is 3. The smallest absolute Gasteiger partial charge is 0.229 e. The number of halogens is 2. The number of hydrogen-bond donors (Lipinski definition) is 1. The number of carbonyl (C=O) groups excluding carboxylic acids is 3. The minimum Gasteiger partial charge on any atom is -0.455 e. The average molecular weight is 407 g/mol. The van der Waals surface area contributed by atoms with Crippen molar-refractivity contribution in [2.24, 2.45) is 0 Å². The van der Waals surface area contributed by atoms with E-state index in [1.165, 1.54) is 0 Å². The van der Waals surface area contributed by atoms with Gasteiger partial charge in [-0.3, -0.25) is 19.3 Å². The quantitative estimate of drug-likeness (QED) is 0.726. The number of nitrogens with zero attached hydrogens (tertiary/aromatic N) is 1. The SMILES string of the molecule is O=C(CCN1C(=O)CCC1=O)Nc1cc(Cl)ccc1Oc1ccc(Cl)cc1. The Morgan fingerprint density at radius 2 is 1.63 bits per heavy atom. The minimum atomic E-state index is -0.356. The first kappa shape index (κ1) is 19.2. The third-order valence-corrected chi connectivity index (χ3v) is 4.46. The van der Waals surface area contributed by atoms with Crippen molar-refractivity contribution in [3.8, 4) is 11.5 Å². The summed E-state index contributed by atoms with van der Waals surface area (Å²) in [5.74, 6) is 0.101. The standard InChI is InChI=1S/C19H16Cl2N2O4/c20-12-1-4-14(5-2-12)27-16-6-3-13(21)11-15(16)22-17(24)9-10-23-18(25)7-8-19(23)26/h1-6,11H,7-10H2,(H,22,24). The fourth-order valence-corrected chi connectivity index (χ4v) is 2.91. The number of rotatable bonds is 6. The molecule has 0 bridgehead atoms. The molecular formula is C19H16Cl2N2O4. The topological polar surface area (TPSA) is 75.7 Å². The molecular weight excluding hydrogens is 391 g/mol. The van der Waals surface area contributed by atoms with E-state index in [0.717, 1.165) is 4.90 Å². The number of hydrogen-bond acceptors (Lipinski definition) is 4. The number of likely N-dealkylation sites (tertiary alicyclic amines) is 1. The Hall–Kier alpha value is -2.57. The summed E-state index contributed by atoms with van der Waals surface area (Å²) in [6.07, 6.45) is 0.395. The molecule has 0 atom stereocenters. The zero-order chi connectivity index (χ0) is 19.4. The average Bonchev–Trinajstić information content (AvgIpc) is 2.95. The number of imide groups is 1. The normalized spacial score (nSPS) is 13.8. The Kier molecular flexibility index (Phi) is 5.98. The zero-order valence-corrected chi connectivity index (χ0v) is 15.7. The number of anilines is 1. The molecule has 1 N–H and O–H groups in total. The molecule has 0 radical (unpaired) electrons. The molecule has 27 heavy (non-hydrogen) atoms. The fourth-order valence-electron chi connectivity index (χ4n) is 2.62. The monoisotopic (exact) mass is 406 g/mol. The summed E-state index contributed by atoms with van der Waals surface area (Å²) in [4.78, 5) is 36.6. The molecule has 8 heteroatoms. The third-order valence-electron chi connectivity index (χ3n) is 3.97. The molecule has 0 unspecified atom stereocenters. The molecule has 6 nitrogen and oxygen atoms in total. The van der Waals surface area contributed by atoms with Gasteiger partial charge in [-0.05, 0) is 42.5 Å². The van der Waals surface area contributed by atoms with Crippen LogP contribution >= 0.6 is 23.2 Å². The molecule has 140 valence electrons. The Balaban J connectivity index is 1.67. The Bertz CT molecular complexity index is 868. The van der Waals surface area contributed by atoms with Gasteiger partial charge in [-0.15, -0.1) is 0 Å². The van der Waals surface area contributed by atoms with Crippen LogP contribution in [0.1, 0.15) is 19.3 Å². The van der Waals surface area contributed by atoms with Crippen LogP contribution in [0.5, 0.6) is 11.5 Å². The summed E-state index contributed by atoms with van der Waals surface area (Å²) >= 11 is 11.9. The third kappa shape index (κ3) is 4.99. The van der Waals surface area contributed by atoms with E-state index < -0.39 is 0 Å². The van der Waals surface area contributed by atoms with Gasteiger partial charge in [0, 0.05) is 35.9 Å². The van der Waals surface area contributed by atoms with Crippen molar-refractivity contribution in [3.63, 3.8) is 0 Å². The van der Waals surface area contributed by atoms with E-state index in [4.69, 9.17) is 27.9 Å². The van der Waals surface area contributed by atoms with Crippen LogP contribution in [0, 0.1) is 0 Å². The van der Waals surface area contributed by atoms with E-state index >= 15 is 0 Å². The maximum absolute atomic E-state index is 12.3. The van der Waals surface area contributed by atoms with Crippen LogP contribution in [0.2, 0.25) is 10.0 Å². The van der Waals surface area contributed by atoms with E-state index in [2.05, 4.69) is 5.32 Å². The lowest BCUT2D eigenvalue weighted by Crippen LogP contribution is -2.32. The van der Waals surface area contributed by atoms with E-state index in [0.29, 0.717) is 27.2 Å². The van der Waals surface area contributed by atoms with Gasteiger partial charge in [0.2, 0.25) is 17.7 Å². The lowest BCUT2D eigenvalue weighted by atomic mass is 10.2. The first-order chi connectivity index (χ1) is 12.9.